The molecule has 2 heterocycles. The van der Waals surface area contributed by atoms with Crippen LogP contribution in [0.4, 0.5) is 0 Å². The molecule has 0 saturated heterocycles. The van der Waals surface area contributed by atoms with Gasteiger partial charge in [-0.25, -0.2) is 0 Å². The highest BCUT2D eigenvalue weighted by atomic mass is 35.5. The van der Waals surface area contributed by atoms with Crippen LogP contribution in [-0.2, 0) is 0 Å². The number of rotatable bonds is 5. The summed E-state index contributed by atoms with van der Waals surface area (Å²) in [5, 5.41) is 8.77. The van der Waals surface area contributed by atoms with Crippen LogP contribution < -0.4 is 5.32 Å². The van der Waals surface area contributed by atoms with E-state index in [0.29, 0.717) is 0 Å². The summed E-state index contributed by atoms with van der Waals surface area (Å²) >= 11 is 9.55. The molecule has 0 aliphatic heterocycles. The second-order valence-electron chi connectivity index (χ2n) is 4.90. The summed E-state index contributed by atoms with van der Waals surface area (Å²) in [6, 6.07) is 17.2. The molecule has 0 amide bonds. The molecule has 1 N–H and O–H groups in total. The predicted molar refractivity (Wildman–Crippen MR) is 93.5 cm³/mol. The summed E-state index contributed by atoms with van der Waals surface area (Å²) in [7, 11) is 0. The van der Waals surface area contributed by atoms with E-state index in [9.17, 15) is 0 Å². The molecule has 21 heavy (non-hydrogen) atoms. The summed E-state index contributed by atoms with van der Waals surface area (Å²) in [4.78, 5) is 2.69. The Labute approximate surface area is 138 Å². The van der Waals surface area contributed by atoms with E-state index in [1.165, 1.54) is 15.3 Å². The third kappa shape index (κ3) is 3.55. The van der Waals surface area contributed by atoms with Crippen molar-refractivity contribution in [3.05, 3.63) is 79.6 Å². The van der Waals surface area contributed by atoms with Crippen molar-refractivity contribution in [1.82, 2.24) is 5.32 Å². The fourth-order valence-electron chi connectivity index (χ4n) is 2.31. The molecule has 0 aliphatic carbocycles. The number of hydrogen-bond acceptors (Lipinski definition) is 3. The van der Waals surface area contributed by atoms with Crippen molar-refractivity contribution in [1.29, 1.82) is 0 Å². The van der Waals surface area contributed by atoms with Crippen molar-refractivity contribution < 1.29 is 0 Å². The van der Waals surface area contributed by atoms with Gasteiger partial charge in [-0.2, -0.15) is 0 Å². The third-order valence-corrected chi connectivity index (χ3v) is 5.57. The van der Waals surface area contributed by atoms with Crippen molar-refractivity contribution >= 4 is 34.3 Å². The Morgan fingerprint density at radius 3 is 1.95 bits per heavy atom. The van der Waals surface area contributed by atoms with Gasteiger partial charge in [0.1, 0.15) is 0 Å². The summed E-state index contributed by atoms with van der Waals surface area (Å²) in [6.07, 6.45) is 0. The third-order valence-electron chi connectivity index (χ3n) is 3.44. The Bertz CT molecular complexity index is 625. The molecule has 0 bridgehead atoms. The van der Waals surface area contributed by atoms with E-state index in [1.54, 1.807) is 22.7 Å². The first-order valence-electron chi connectivity index (χ1n) is 6.82. The van der Waals surface area contributed by atoms with Gasteiger partial charge < -0.3 is 0 Å². The minimum atomic E-state index is 0.246. The molecule has 1 aromatic carbocycles. The Balaban J connectivity index is 1.83. The Hall–Kier alpha value is -1.13. The number of hydrogen-bond donors (Lipinski definition) is 1. The fourth-order valence-corrected chi connectivity index (χ4v) is 4.12. The maximum Gasteiger partial charge on any atom is 0.0769 e. The average molecular weight is 334 g/mol. The maximum absolute atomic E-state index is 5.97. The lowest BCUT2D eigenvalue weighted by Crippen LogP contribution is -2.24. The Morgan fingerprint density at radius 2 is 1.48 bits per heavy atom. The first kappa shape index (κ1) is 14.8. The van der Waals surface area contributed by atoms with Gasteiger partial charge in [-0.3, -0.25) is 5.32 Å². The molecule has 108 valence electrons. The highest BCUT2D eigenvalue weighted by molar-refractivity contribution is 7.11. The van der Waals surface area contributed by atoms with Gasteiger partial charge in [-0.05, 0) is 47.5 Å². The average Bonchev–Trinajstić information content (AvgIpc) is 3.19. The highest BCUT2D eigenvalue weighted by Gasteiger charge is 2.19. The molecule has 2 aromatic heterocycles. The molecule has 0 radical (unpaired) electrons. The minimum Gasteiger partial charge on any atom is -0.298 e. The number of benzene rings is 1. The van der Waals surface area contributed by atoms with Crippen LogP contribution in [0.3, 0.4) is 0 Å². The van der Waals surface area contributed by atoms with Gasteiger partial charge in [-0.1, -0.05) is 35.9 Å². The lowest BCUT2D eigenvalue weighted by molar-refractivity contribution is 0.526. The molecule has 1 atom stereocenters. The first-order valence-corrected chi connectivity index (χ1v) is 8.96. The minimum absolute atomic E-state index is 0.246. The molecule has 0 spiro atoms. The van der Waals surface area contributed by atoms with Gasteiger partial charge in [-0.15, -0.1) is 22.7 Å². The second kappa shape index (κ2) is 6.75. The van der Waals surface area contributed by atoms with Gasteiger partial charge in [0, 0.05) is 20.8 Å². The van der Waals surface area contributed by atoms with Crippen LogP contribution in [-0.4, -0.2) is 0 Å². The van der Waals surface area contributed by atoms with Crippen LogP contribution >= 0.6 is 34.3 Å². The smallest absolute Gasteiger partial charge is 0.0769 e. The molecule has 0 aliphatic rings. The van der Waals surface area contributed by atoms with Gasteiger partial charge in [0.05, 0.1) is 6.04 Å². The zero-order valence-electron chi connectivity index (χ0n) is 11.6. The largest absolute Gasteiger partial charge is 0.298 e. The van der Waals surface area contributed by atoms with E-state index in [-0.39, 0.29) is 12.1 Å². The lowest BCUT2D eigenvalue weighted by Gasteiger charge is -2.22. The quantitative estimate of drug-likeness (QED) is 0.612. The number of nitrogens with one attached hydrogen (secondary N) is 1. The van der Waals surface area contributed by atoms with Crippen molar-refractivity contribution in [2.75, 3.05) is 0 Å². The van der Waals surface area contributed by atoms with E-state index >= 15 is 0 Å². The van der Waals surface area contributed by atoms with Crippen LogP contribution in [0, 0.1) is 0 Å². The van der Waals surface area contributed by atoms with Crippen LogP contribution in [0.5, 0.6) is 0 Å². The first-order chi connectivity index (χ1) is 10.2. The zero-order chi connectivity index (χ0) is 14.7. The SMILES string of the molecule is C[C@@H](NC(c1cccs1)c1cccs1)c1ccc(Cl)cc1. The van der Waals surface area contributed by atoms with E-state index in [0.717, 1.165) is 5.02 Å². The topological polar surface area (TPSA) is 12.0 Å². The van der Waals surface area contributed by atoms with E-state index in [2.05, 4.69) is 59.4 Å². The standard InChI is InChI=1S/C17H16ClNS2/c1-12(13-6-8-14(18)9-7-13)19-17(15-4-2-10-20-15)16-5-3-11-21-16/h2-12,17,19H,1H3/t12-/m1/s1. The Kier molecular flexibility index (Phi) is 4.76. The van der Waals surface area contributed by atoms with Crippen LogP contribution in [0.15, 0.2) is 59.3 Å². The highest BCUT2D eigenvalue weighted by Crippen LogP contribution is 2.31. The zero-order valence-corrected chi connectivity index (χ0v) is 14.0. The van der Waals surface area contributed by atoms with E-state index in [4.69, 9.17) is 11.6 Å². The number of thiophene rings is 2. The van der Waals surface area contributed by atoms with Gasteiger partial charge in [0.2, 0.25) is 0 Å². The molecule has 0 saturated carbocycles. The number of halogens is 1. The van der Waals surface area contributed by atoms with Crippen molar-refractivity contribution in [3.8, 4) is 0 Å². The fraction of sp³-hybridized carbons (Fsp3) is 0.176. The van der Waals surface area contributed by atoms with Crippen LogP contribution in [0.1, 0.15) is 34.3 Å². The van der Waals surface area contributed by atoms with Gasteiger partial charge in [0.15, 0.2) is 0 Å². The summed E-state index contributed by atoms with van der Waals surface area (Å²) in [6.45, 7) is 2.19. The molecule has 4 heteroatoms. The summed E-state index contributed by atoms with van der Waals surface area (Å²) in [5.74, 6) is 0. The molecule has 3 rings (SSSR count). The monoisotopic (exact) mass is 333 g/mol. The normalized spacial score (nSPS) is 12.7. The predicted octanol–water partition coefficient (Wildman–Crippen LogP) is 5.90. The Morgan fingerprint density at radius 1 is 0.905 bits per heavy atom. The maximum atomic E-state index is 5.97. The molecule has 0 unspecified atom stereocenters. The van der Waals surface area contributed by atoms with Crippen molar-refractivity contribution in [3.63, 3.8) is 0 Å². The van der Waals surface area contributed by atoms with Gasteiger partial charge >= 0.3 is 0 Å². The lowest BCUT2D eigenvalue weighted by atomic mass is 10.1. The summed E-state index contributed by atoms with van der Waals surface area (Å²) < 4.78 is 0. The van der Waals surface area contributed by atoms with Crippen molar-refractivity contribution in [2.24, 2.45) is 0 Å². The molecule has 1 nitrogen and oxygen atoms in total. The summed E-state index contributed by atoms with van der Waals surface area (Å²) in [5.41, 5.74) is 1.25. The van der Waals surface area contributed by atoms with Crippen LogP contribution in [0.25, 0.3) is 0 Å². The molecular weight excluding hydrogens is 318 g/mol. The molecular formula is C17H16ClNS2. The van der Waals surface area contributed by atoms with Crippen LogP contribution in [0.2, 0.25) is 5.02 Å². The second-order valence-corrected chi connectivity index (χ2v) is 7.30. The van der Waals surface area contributed by atoms with E-state index < -0.39 is 0 Å². The molecule has 0 fully saturated rings. The van der Waals surface area contributed by atoms with Crippen molar-refractivity contribution in [2.45, 2.75) is 19.0 Å². The molecule has 3 aromatic rings. The van der Waals surface area contributed by atoms with Gasteiger partial charge in [0.25, 0.3) is 0 Å². The van der Waals surface area contributed by atoms with E-state index in [1.807, 2.05) is 12.1 Å².